The monoisotopic (exact) mass is 210 g/mol. The van der Waals surface area contributed by atoms with E-state index in [0.29, 0.717) is 6.04 Å². The van der Waals surface area contributed by atoms with Crippen molar-refractivity contribution >= 4 is 23.1 Å². The predicted molar refractivity (Wildman–Crippen MR) is 66.9 cm³/mol. The van der Waals surface area contributed by atoms with Gasteiger partial charge in [0.05, 0.1) is 0 Å². The second kappa shape index (κ2) is 5.81. The van der Waals surface area contributed by atoms with Crippen LogP contribution in [0.4, 0.5) is 11.4 Å². The Balaban J connectivity index is 2.43. The van der Waals surface area contributed by atoms with Gasteiger partial charge in [-0.25, -0.2) is 0 Å². The van der Waals surface area contributed by atoms with Crippen LogP contribution in [-0.4, -0.2) is 18.1 Å². The second-order valence-electron chi connectivity index (χ2n) is 3.45. The number of nitrogen functional groups attached to an aromatic ring is 1. The van der Waals surface area contributed by atoms with Gasteiger partial charge in [0.2, 0.25) is 0 Å². The van der Waals surface area contributed by atoms with E-state index < -0.39 is 0 Å². The van der Waals surface area contributed by atoms with Crippen molar-refractivity contribution in [2.24, 2.45) is 0 Å². The van der Waals surface area contributed by atoms with E-state index in [4.69, 9.17) is 5.73 Å². The molecule has 0 heterocycles. The fraction of sp³-hybridized carbons (Fsp3) is 0.455. The minimum Gasteiger partial charge on any atom is -0.399 e. The Morgan fingerprint density at radius 3 is 2.93 bits per heavy atom. The zero-order valence-electron chi connectivity index (χ0n) is 8.79. The number of nitrogens with one attached hydrogen (secondary N) is 1. The molecule has 2 nitrogen and oxygen atoms in total. The molecule has 1 unspecified atom stereocenters. The van der Waals surface area contributed by atoms with Crippen LogP contribution in [0, 0.1) is 0 Å². The quantitative estimate of drug-likeness (QED) is 0.734. The molecule has 3 N–H and O–H groups in total. The molecule has 3 heteroatoms. The summed E-state index contributed by atoms with van der Waals surface area (Å²) in [5.41, 5.74) is 7.61. The smallest absolute Gasteiger partial charge is 0.0362 e. The molecular weight excluding hydrogens is 192 g/mol. The number of hydrogen-bond acceptors (Lipinski definition) is 3. The molecule has 14 heavy (non-hydrogen) atoms. The fourth-order valence-electron chi connectivity index (χ4n) is 1.28. The summed E-state index contributed by atoms with van der Waals surface area (Å²) in [4.78, 5) is 0. The van der Waals surface area contributed by atoms with E-state index in [-0.39, 0.29) is 0 Å². The van der Waals surface area contributed by atoms with Gasteiger partial charge in [0.15, 0.2) is 0 Å². The molecule has 0 saturated heterocycles. The van der Waals surface area contributed by atoms with Crippen molar-refractivity contribution in [3.8, 4) is 0 Å². The number of thioether (sulfide) groups is 1. The van der Waals surface area contributed by atoms with E-state index in [2.05, 4.69) is 18.5 Å². The van der Waals surface area contributed by atoms with Crippen LogP contribution in [0.5, 0.6) is 0 Å². The lowest BCUT2D eigenvalue weighted by Crippen LogP contribution is -2.15. The van der Waals surface area contributed by atoms with E-state index in [1.54, 1.807) is 0 Å². The van der Waals surface area contributed by atoms with Crippen molar-refractivity contribution in [2.75, 3.05) is 23.1 Å². The summed E-state index contributed by atoms with van der Waals surface area (Å²) in [5.74, 6) is 1.19. The molecule has 1 atom stereocenters. The molecule has 1 aromatic carbocycles. The van der Waals surface area contributed by atoms with Gasteiger partial charge in [-0.2, -0.15) is 11.8 Å². The Hall–Kier alpha value is -0.830. The highest BCUT2D eigenvalue weighted by atomic mass is 32.2. The van der Waals surface area contributed by atoms with Gasteiger partial charge in [-0.05, 0) is 43.6 Å². The van der Waals surface area contributed by atoms with E-state index in [9.17, 15) is 0 Å². The van der Waals surface area contributed by atoms with Crippen molar-refractivity contribution in [2.45, 2.75) is 19.4 Å². The Morgan fingerprint density at radius 1 is 1.50 bits per heavy atom. The average Bonchev–Trinajstić information content (AvgIpc) is 2.15. The molecule has 0 radical (unpaired) electrons. The zero-order chi connectivity index (χ0) is 10.4. The third-order valence-corrected chi connectivity index (χ3v) is 2.70. The lowest BCUT2D eigenvalue weighted by atomic mass is 10.2. The van der Waals surface area contributed by atoms with E-state index >= 15 is 0 Å². The van der Waals surface area contributed by atoms with Crippen LogP contribution in [0.2, 0.25) is 0 Å². The Bertz CT molecular complexity index is 276. The van der Waals surface area contributed by atoms with E-state index in [0.717, 1.165) is 11.4 Å². The number of anilines is 2. The lowest BCUT2D eigenvalue weighted by Gasteiger charge is -2.14. The molecule has 0 bridgehead atoms. The number of hydrogen-bond donors (Lipinski definition) is 2. The first-order valence-corrected chi connectivity index (χ1v) is 6.23. The molecule has 0 aliphatic rings. The van der Waals surface area contributed by atoms with Crippen molar-refractivity contribution in [1.29, 1.82) is 0 Å². The highest BCUT2D eigenvalue weighted by molar-refractivity contribution is 7.98. The number of nitrogens with two attached hydrogens (primary N) is 1. The molecule has 1 rings (SSSR count). The zero-order valence-corrected chi connectivity index (χ0v) is 9.60. The van der Waals surface area contributed by atoms with Crippen LogP contribution >= 0.6 is 11.8 Å². The molecule has 0 fully saturated rings. The van der Waals surface area contributed by atoms with Crippen LogP contribution in [0.15, 0.2) is 24.3 Å². The highest BCUT2D eigenvalue weighted by Gasteiger charge is 2.00. The van der Waals surface area contributed by atoms with Crippen molar-refractivity contribution < 1.29 is 0 Å². The van der Waals surface area contributed by atoms with Gasteiger partial charge in [-0.15, -0.1) is 0 Å². The van der Waals surface area contributed by atoms with Crippen LogP contribution in [0.1, 0.15) is 13.3 Å². The summed E-state index contributed by atoms with van der Waals surface area (Å²) in [5, 5.41) is 3.42. The molecule has 0 aromatic heterocycles. The van der Waals surface area contributed by atoms with Crippen molar-refractivity contribution in [3.63, 3.8) is 0 Å². The van der Waals surface area contributed by atoms with Crippen molar-refractivity contribution in [1.82, 2.24) is 0 Å². The molecule has 0 aliphatic carbocycles. The predicted octanol–water partition coefficient (Wildman–Crippen LogP) is 2.82. The number of benzene rings is 1. The van der Waals surface area contributed by atoms with Gasteiger partial charge in [-0.3, -0.25) is 0 Å². The maximum atomic E-state index is 5.69. The lowest BCUT2D eigenvalue weighted by molar-refractivity contribution is 0.772. The largest absolute Gasteiger partial charge is 0.399 e. The Kier molecular flexibility index (Phi) is 4.66. The highest BCUT2D eigenvalue weighted by Crippen LogP contribution is 2.14. The van der Waals surface area contributed by atoms with Crippen LogP contribution in [0.25, 0.3) is 0 Å². The third-order valence-electron chi connectivity index (χ3n) is 2.05. The standard InChI is InChI=1S/C11H18N2S/c1-9(6-7-14-2)13-11-5-3-4-10(12)8-11/h3-5,8-9,13H,6-7,12H2,1-2H3. The summed E-state index contributed by atoms with van der Waals surface area (Å²) in [7, 11) is 0. The van der Waals surface area contributed by atoms with E-state index in [1.807, 2.05) is 36.0 Å². The van der Waals surface area contributed by atoms with Crippen LogP contribution in [-0.2, 0) is 0 Å². The fourth-order valence-corrected chi connectivity index (χ4v) is 1.87. The summed E-state index contributed by atoms with van der Waals surface area (Å²) in [6, 6.07) is 8.39. The van der Waals surface area contributed by atoms with Gasteiger partial charge in [-0.1, -0.05) is 6.07 Å². The van der Waals surface area contributed by atoms with Crippen LogP contribution in [0.3, 0.4) is 0 Å². The first-order chi connectivity index (χ1) is 6.72. The maximum absolute atomic E-state index is 5.69. The summed E-state index contributed by atoms with van der Waals surface area (Å²) in [6.07, 6.45) is 3.31. The topological polar surface area (TPSA) is 38.0 Å². The SMILES string of the molecule is CSCCC(C)Nc1cccc(N)c1. The molecule has 78 valence electrons. The maximum Gasteiger partial charge on any atom is 0.0362 e. The molecule has 0 amide bonds. The molecule has 0 spiro atoms. The Morgan fingerprint density at radius 2 is 2.29 bits per heavy atom. The molecular formula is C11H18N2S. The van der Waals surface area contributed by atoms with Gasteiger partial charge in [0.25, 0.3) is 0 Å². The molecule has 0 aliphatic heterocycles. The third kappa shape index (κ3) is 3.92. The first-order valence-electron chi connectivity index (χ1n) is 4.83. The Labute approximate surface area is 90.3 Å². The summed E-state index contributed by atoms with van der Waals surface area (Å²) < 4.78 is 0. The summed E-state index contributed by atoms with van der Waals surface area (Å²) in [6.45, 7) is 2.19. The second-order valence-corrected chi connectivity index (χ2v) is 4.44. The van der Waals surface area contributed by atoms with Gasteiger partial charge in [0.1, 0.15) is 0 Å². The first kappa shape index (κ1) is 11.2. The normalized spacial score (nSPS) is 12.4. The van der Waals surface area contributed by atoms with Crippen molar-refractivity contribution in [3.05, 3.63) is 24.3 Å². The van der Waals surface area contributed by atoms with Gasteiger partial charge < -0.3 is 11.1 Å². The van der Waals surface area contributed by atoms with E-state index in [1.165, 1.54) is 12.2 Å². The number of rotatable bonds is 5. The average molecular weight is 210 g/mol. The summed E-state index contributed by atoms with van der Waals surface area (Å²) >= 11 is 1.88. The van der Waals surface area contributed by atoms with Crippen LogP contribution < -0.4 is 11.1 Å². The molecule has 1 aromatic rings. The van der Waals surface area contributed by atoms with Gasteiger partial charge >= 0.3 is 0 Å². The minimum absolute atomic E-state index is 0.504. The van der Waals surface area contributed by atoms with Gasteiger partial charge in [0, 0.05) is 17.4 Å². The minimum atomic E-state index is 0.504. The molecule has 0 saturated carbocycles.